The van der Waals surface area contributed by atoms with E-state index < -0.39 is 0 Å². The molecule has 1 N–H and O–H groups in total. The van der Waals surface area contributed by atoms with Crippen LogP contribution in [0, 0.1) is 6.92 Å². The van der Waals surface area contributed by atoms with E-state index in [1.807, 2.05) is 49.4 Å². The molecule has 0 bridgehead atoms. The van der Waals surface area contributed by atoms with Gasteiger partial charge >= 0.3 is 0 Å². The molecule has 0 saturated heterocycles. The Kier molecular flexibility index (Phi) is 5.60. The minimum absolute atomic E-state index is 0.160. The minimum atomic E-state index is -0.176. The maximum atomic E-state index is 13.4. The van der Waals surface area contributed by atoms with Gasteiger partial charge in [-0.1, -0.05) is 89.9 Å². The zero-order valence-corrected chi connectivity index (χ0v) is 19.4. The van der Waals surface area contributed by atoms with E-state index in [1.54, 1.807) is 12.1 Å². The summed E-state index contributed by atoms with van der Waals surface area (Å²) in [5, 5.41) is 1.52. The molecule has 2 aromatic heterocycles. The van der Waals surface area contributed by atoms with Crippen LogP contribution in [0.5, 0.6) is 0 Å². The number of nitrogens with one attached hydrogen (secondary N) is 1. The molecule has 0 amide bonds. The molecule has 3 aromatic carbocycles. The number of rotatable bonds is 4. The maximum Gasteiger partial charge on any atom is 0.260 e. The van der Waals surface area contributed by atoms with E-state index in [4.69, 9.17) is 28.2 Å². The summed E-state index contributed by atoms with van der Waals surface area (Å²) in [6.07, 6.45) is 0. The second kappa shape index (κ2) is 8.55. The molecule has 0 spiro atoms. The third-order valence-electron chi connectivity index (χ3n) is 5.50. The van der Waals surface area contributed by atoms with Crippen LogP contribution in [0.25, 0.3) is 21.3 Å². The van der Waals surface area contributed by atoms with E-state index in [1.165, 1.54) is 11.3 Å². The first-order chi connectivity index (χ1) is 15.5. The van der Waals surface area contributed by atoms with Gasteiger partial charge < -0.3 is 4.98 Å². The topological polar surface area (TPSA) is 45.8 Å². The van der Waals surface area contributed by atoms with Crippen LogP contribution in [0.3, 0.4) is 0 Å². The van der Waals surface area contributed by atoms with Crippen molar-refractivity contribution in [2.24, 2.45) is 0 Å². The van der Waals surface area contributed by atoms with Crippen molar-refractivity contribution in [2.75, 3.05) is 0 Å². The van der Waals surface area contributed by atoms with Crippen LogP contribution in [0.4, 0.5) is 0 Å². The van der Waals surface area contributed by atoms with Gasteiger partial charge in [0.05, 0.1) is 21.3 Å². The smallest absolute Gasteiger partial charge is 0.260 e. The number of aromatic nitrogens is 2. The first kappa shape index (κ1) is 21.0. The van der Waals surface area contributed by atoms with E-state index in [0.29, 0.717) is 26.1 Å². The number of thiophene rings is 1. The van der Waals surface area contributed by atoms with Gasteiger partial charge in [-0.15, -0.1) is 11.3 Å². The minimum Gasteiger partial charge on any atom is -0.309 e. The standard InChI is InChI=1S/C26H18Cl2N2OS/c1-15-21(18-12-13-19(27)20(28)14-18)23-25(31)29-24(30-26(23)32-15)22(16-8-4-2-5-9-16)17-10-6-3-7-11-17/h2-14,22H,1H3,(H,29,30,31). The predicted molar refractivity (Wildman–Crippen MR) is 134 cm³/mol. The molecule has 32 heavy (non-hydrogen) atoms. The molecular formula is C26H18Cl2N2OS. The highest BCUT2D eigenvalue weighted by Gasteiger charge is 2.23. The Morgan fingerprint density at radius 2 is 1.50 bits per heavy atom. The van der Waals surface area contributed by atoms with E-state index in [-0.39, 0.29) is 11.5 Å². The van der Waals surface area contributed by atoms with Crippen molar-refractivity contribution >= 4 is 44.8 Å². The lowest BCUT2D eigenvalue weighted by Crippen LogP contribution is -2.16. The van der Waals surface area contributed by atoms with Crippen LogP contribution in [-0.4, -0.2) is 9.97 Å². The number of fused-ring (bicyclic) bond motifs is 1. The molecule has 0 aliphatic heterocycles. The summed E-state index contributed by atoms with van der Waals surface area (Å²) in [5.41, 5.74) is 3.68. The van der Waals surface area contributed by atoms with Gasteiger partial charge in [-0.2, -0.15) is 0 Å². The highest BCUT2D eigenvalue weighted by Crippen LogP contribution is 2.39. The number of nitrogens with zero attached hydrogens (tertiary/aromatic N) is 1. The molecule has 3 nitrogen and oxygen atoms in total. The average molecular weight is 477 g/mol. The number of benzene rings is 3. The van der Waals surface area contributed by atoms with Crippen LogP contribution >= 0.6 is 34.5 Å². The number of hydrogen-bond acceptors (Lipinski definition) is 3. The highest BCUT2D eigenvalue weighted by atomic mass is 35.5. The van der Waals surface area contributed by atoms with E-state index in [9.17, 15) is 4.79 Å². The zero-order chi connectivity index (χ0) is 22.2. The molecule has 5 rings (SSSR count). The third-order valence-corrected chi connectivity index (χ3v) is 7.24. The van der Waals surface area contributed by atoms with E-state index in [0.717, 1.165) is 27.1 Å². The molecule has 2 heterocycles. The van der Waals surface area contributed by atoms with E-state index >= 15 is 0 Å². The summed E-state index contributed by atoms with van der Waals surface area (Å²) in [4.78, 5) is 23.1. The molecular weight excluding hydrogens is 459 g/mol. The van der Waals surface area contributed by atoms with Gasteiger partial charge in [-0.3, -0.25) is 4.79 Å². The Morgan fingerprint density at radius 1 is 0.875 bits per heavy atom. The number of aryl methyl sites for hydroxylation is 1. The quantitative estimate of drug-likeness (QED) is 0.292. The van der Waals surface area contributed by atoms with Gasteiger partial charge in [-0.05, 0) is 35.7 Å². The van der Waals surface area contributed by atoms with Gasteiger partial charge in [-0.25, -0.2) is 4.98 Å². The first-order valence-corrected chi connectivity index (χ1v) is 11.7. The summed E-state index contributed by atoms with van der Waals surface area (Å²) in [6, 6.07) is 25.6. The Bertz CT molecular complexity index is 1440. The second-order valence-corrected chi connectivity index (χ2v) is 9.57. The van der Waals surface area contributed by atoms with Gasteiger partial charge in [0, 0.05) is 10.4 Å². The first-order valence-electron chi connectivity index (χ1n) is 10.1. The van der Waals surface area contributed by atoms with Crippen LogP contribution in [0.1, 0.15) is 27.7 Å². The van der Waals surface area contributed by atoms with Gasteiger partial charge in [0.1, 0.15) is 10.7 Å². The number of hydrogen-bond donors (Lipinski definition) is 1. The van der Waals surface area contributed by atoms with Gasteiger partial charge in [0.25, 0.3) is 5.56 Å². The average Bonchev–Trinajstić information content (AvgIpc) is 3.14. The van der Waals surface area contributed by atoms with Crippen molar-refractivity contribution in [3.05, 3.63) is 121 Å². The van der Waals surface area contributed by atoms with Crippen LogP contribution in [0.2, 0.25) is 10.0 Å². The molecule has 0 unspecified atom stereocenters. The molecule has 0 radical (unpaired) electrons. The fraction of sp³-hybridized carbons (Fsp3) is 0.0769. The summed E-state index contributed by atoms with van der Waals surface area (Å²) < 4.78 is 0. The second-order valence-electron chi connectivity index (χ2n) is 7.55. The van der Waals surface area contributed by atoms with Crippen LogP contribution in [0.15, 0.2) is 83.7 Å². The molecule has 0 aliphatic rings. The maximum absolute atomic E-state index is 13.4. The van der Waals surface area contributed by atoms with Gasteiger partial charge in [0.2, 0.25) is 0 Å². The molecule has 0 saturated carbocycles. The summed E-state index contributed by atoms with van der Waals surface area (Å²) in [5.74, 6) is 0.451. The Balaban J connectivity index is 1.72. The zero-order valence-electron chi connectivity index (χ0n) is 17.1. The molecule has 5 aromatic rings. The molecule has 0 aliphatic carbocycles. The Hall–Kier alpha value is -2.92. The lowest BCUT2D eigenvalue weighted by molar-refractivity contribution is 0.860. The SMILES string of the molecule is Cc1sc2nc(C(c3ccccc3)c3ccccc3)[nH]c(=O)c2c1-c1ccc(Cl)c(Cl)c1. The molecule has 6 heteroatoms. The van der Waals surface area contributed by atoms with Crippen molar-refractivity contribution < 1.29 is 0 Å². The normalized spacial score (nSPS) is 11.4. The van der Waals surface area contributed by atoms with Crippen molar-refractivity contribution in [3.63, 3.8) is 0 Å². The van der Waals surface area contributed by atoms with E-state index in [2.05, 4.69) is 29.2 Å². The van der Waals surface area contributed by atoms with Crippen molar-refractivity contribution in [2.45, 2.75) is 12.8 Å². The molecule has 0 atom stereocenters. The fourth-order valence-electron chi connectivity index (χ4n) is 4.07. The third kappa shape index (κ3) is 3.75. The fourth-order valence-corrected chi connectivity index (χ4v) is 5.42. The Morgan fingerprint density at radius 3 is 2.09 bits per heavy atom. The summed E-state index contributed by atoms with van der Waals surface area (Å²) in [6.45, 7) is 2.00. The number of H-pyrrole nitrogens is 1. The summed E-state index contributed by atoms with van der Waals surface area (Å²) >= 11 is 13.9. The lowest BCUT2D eigenvalue weighted by atomic mass is 9.90. The lowest BCUT2D eigenvalue weighted by Gasteiger charge is -2.17. The molecule has 158 valence electrons. The van der Waals surface area contributed by atoms with Gasteiger partial charge in [0.15, 0.2) is 0 Å². The monoisotopic (exact) mass is 476 g/mol. The van der Waals surface area contributed by atoms with Crippen molar-refractivity contribution in [3.8, 4) is 11.1 Å². The van der Waals surface area contributed by atoms with Crippen LogP contribution < -0.4 is 5.56 Å². The van der Waals surface area contributed by atoms with Crippen molar-refractivity contribution in [1.29, 1.82) is 0 Å². The predicted octanol–water partition coefficient (Wildman–Crippen LogP) is 7.45. The van der Waals surface area contributed by atoms with Crippen molar-refractivity contribution in [1.82, 2.24) is 9.97 Å². The van der Waals surface area contributed by atoms with Crippen LogP contribution in [-0.2, 0) is 0 Å². The summed E-state index contributed by atoms with van der Waals surface area (Å²) in [7, 11) is 0. The largest absolute Gasteiger partial charge is 0.309 e. The highest BCUT2D eigenvalue weighted by molar-refractivity contribution is 7.19. The number of aromatic amines is 1. The number of halogens is 2. The Labute approximate surface area is 199 Å². The molecule has 0 fully saturated rings.